The summed E-state index contributed by atoms with van der Waals surface area (Å²) in [7, 11) is 0. The first-order valence-electron chi connectivity index (χ1n) is 8.18. The smallest absolute Gasteiger partial charge is 0.324 e. The van der Waals surface area contributed by atoms with Crippen molar-refractivity contribution >= 4 is 35.0 Å². The number of hydrogen-bond acceptors (Lipinski definition) is 3. The molecule has 1 amide bonds. The van der Waals surface area contributed by atoms with E-state index in [0.29, 0.717) is 22.0 Å². The number of amides is 1. The van der Waals surface area contributed by atoms with Gasteiger partial charge in [-0.05, 0) is 17.7 Å². The maximum absolute atomic E-state index is 13.1. The van der Waals surface area contributed by atoms with Gasteiger partial charge in [0.2, 0.25) is 5.91 Å². The molecule has 3 aromatic rings. The van der Waals surface area contributed by atoms with Gasteiger partial charge in [0.25, 0.3) is 0 Å². The molecular formula is C19H15ClF3N3OS. The SMILES string of the molecule is O=C(CSc1ncc(-c2ccccc2)n1CC(F)(F)F)Nc1ccccc1Cl. The van der Waals surface area contributed by atoms with Crippen molar-refractivity contribution in [2.45, 2.75) is 17.9 Å². The third-order valence-electron chi connectivity index (χ3n) is 3.71. The van der Waals surface area contributed by atoms with E-state index in [1.807, 2.05) is 0 Å². The molecule has 146 valence electrons. The molecule has 2 aromatic carbocycles. The summed E-state index contributed by atoms with van der Waals surface area (Å²) in [5.41, 5.74) is 1.40. The van der Waals surface area contributed by atoms with Crippen molar-refractivity contribution in [3.63, 3.8) is 0 Å². The average molecular weight is 426 g/mol. The van der Waals surface area contributed by atoms with E-state index in [-0.39, 0.29) is 16.8 Å². The lowest BCUT2D eigenvalue weighted by Gasteiger charge is -2.14. The van der Waals surface area contributed by atoms with Crippen LogP contribution < -0.4 is 5.32 Å². The van der Waals surface area contributed by atoms with E-state index in [1.165, 1.54) is 6.20 Å². The Balaban J connectivity index is 1.77. The van der Waals surface area contributed by atoms with Crippen LogP contribution in [0.25, 0.3) is 11.3 Å². The van der Waals surface area contributed by atoms with Crippen molar-refractivity contribution in [2.75, 3.05) is 11.1 Å². The molecule has 0 bridgehead atoms. The van der Waals surface area contributed by atoms with Gasteiger partial charge in [0.15, 0.2) is 5.16 Å². The van der Waals surface area contributed by atoms with Crippen LogP contribution in [-0.2, 0) is 11.3 Å². The van der Waals surface area contributed by atoms with E-state index in [4.69, 9.17) is 11.6 Å². The maximum atomic E-state index is 13.1. The molecule has 4 nitrogen and oxygen atoms in total. The largest absolute Gasteiger partial charge is 0.406 e. The van der Waals surface area contributed by atoms with Crippen molar-refractivity contribution in [2.24, 2.45) is 0 Å². The van der Waals surface area contributed by atoms with E-state index in [1.54, 1.807) is 54.6 Å². The normalized spacial score (nSPS) is 11.4. The van der Waals surface area contributed by atoms with Gasteiger partial charge in [-0.25, -0.2) is 4.98 Å². The molecule has 28 heavy (non-hydrogen) atoms. The Hall–Kier alpha value is -2.45. The Labute approximate surface area is 168 Å². The fourth-order valence-corrected chi connectivity index (χ4v) is 3.49. The lowest BCUT2D eigenvalue weighted by atomic mass is 10.2. The van der Waals surface area contributed by atoms with Crippen LogP contribution in [0.3, 0.4) is 0 Å². The highest BCUT2D eigenvalue weighted by Gasteiger charge is 2.31. The van der Waals surface area contributed by atoms with Crippen LogP contribution in [0.2, 0.25) is 5.02 Å². The van der Waals surface area contributed by atoms with Gasteiger partial charge in [-0.3, -0.25) is 4.79 Å². The molecule has 0 unspecified atom stereocenters. The van der Waals surface area contributed by atoms with Crippen molar-refractivity contribution in [1.82, 2.24) is 9.55 Å². The van der Waals surface area contributed by atoms with Crippen LogP contribution >= 0.6 is 23.4 Å². The van der Waals surface area contributed by atoms with E-state index in [9.17, 15) is 18.0 Å². The third kappa shape index (κ3) is 5.30. The van der Waals surface area contributed by atoms with Crippen LogP contribution in [0, 0.1) is 0 Å². The predicted molar refractivity (Wildman–Crippen MR) is 105 cm³/mol. The Morgan fingerprint density at radius 3 is 2.46 bits per heavy atom. The second-order valence-corrected chi connectivity index (χ2v) is 7.16. The van der Waals surface area contributed by atoms with Gasteiger partial charge < -0.3 is 9.88 Å². The quantitative estimate of drug-likeness (QED) is 0.531. The first kappa shape index (κ1) is 20.3. The number of hydrogen-bond donors (Lipinski definition) is 1. The summed E-state index contributed by atoms with van der Waals surface area (Å²) in [6.07, 6.45) is -3.03. The van der Waals surface area contributed by atoms with Gasteiger partial charge in [0.05, 0.1) is 28.4 Å². The number of para-hydroxylation sites is 1. The molecule has 0 aliphatic heterocycles. The summed E-state index contributed by atoms with van der Waals surface area (Å²) in [4.78, 5) is 16.3. The number of carbonyl (C=O) groups excluding carboxylic acids is 1. The van der Waals surface area contributed by atoms with Crippen LogP contribution in [0.1, 0.15) is 0 Å². The molecule has 3 rings (SSSR count). The fourth-order valence-electron chi connectivity index (χ4n) is 2.52. The number of alkyl halides is 3. The summed E-state index contributed by atoms with van der Waals surface area (Å²) in [5.74, 6) is -0.491. The van der Waals surface area contributed by atoms with Crippen molar-refractivity contribution in [1.29, 1.82) is 0 Å². The van der Waals surface area contributed by atoms with Crippen LogP contribution in [-0.4, -0.2) is 27.4 Å². The minimum Gasteiger partial charge on any atom is -0.324 e. The minimum atomic E-state index is -4.42. The number of thioether (sulfide) groups is 1. The molecule has 0 saturated heterocycles. The highest BCUT2D eigenvalue weighted by molar-refractivity contribution is 7.99. The number of anilines is 1. The molecule has 0 spiro atoms. The number of nitrogens with zero attached hydrogens (tertiary/aromatic N) is 2. The Morgan fingerprint density at radius 1 is 1.11 bits per heavy atom. The summed E-state index contributed by atoms with van der Waals surface area (Å²) in [6, 6.07) is 15.4. The van der Waals surface area contributed by atoms with Gasteiger partial charge in [-0.15, -0.1) is 0 Å². The van der Waals surface area contributed by atoms with E-state index >= 15 is 0 Å². The number of halogens is 4. The molecule has 0 saturated carbocycles. The summed E-state index contributed by atoms with van der Waals surface area (Å²) in [6.45, 7) is -1.19. The van der Waals surface area contributed by atoms with Crippen LogP contribution in [0.15, 0.2) is 66.0 Å². The first-order chi connectivity index (χ1) is 13.3. The Bertz CT molecular complexity index is 961. The first-order valence-corrected chi connectivity index (χ1v) is 9.55. The van der Waals surface area contributed by atoms with E-state index < -0.39 is 12.7 Å². The van der Waals surface area contributed by atoms with Gasteiger partial charge in [0, 0.05) is 0 Å². The minimum absolute atomic E-state index is 0.103. The number of nitrogens with one attached hydrogen (secondary N) is 1. The number of rotatable bonds is 6. The number of carbonyl (C=O) groups is 1. The lowest BCUT2D eigenvalue weighted by molar-refractivity contribution is -0.141. The van der Waals surface area contributed by atoms with Crippen molar-refractivity contribution in [3.8, 4) is 11.3 Å². The Morgan fingerprint density at radius 2 is 1.79 bits per heavy atom. The van der Waals surface area contributed by atoms with Gasteiger partial charge in [-0.1, -0.05) is 65.8 Å². The number of benzene rings is 2. The zero-order chi connectivity index (χ0) is 20.1. The zero-order valence-corrected chi connectivity index (χ0v) is 16.0. The van der Waals surface area contributed by atoms with Gasteiger partial charge in [-0.2, -0.15) is 13.2 Å². The number of aromatic nitrogens is 2. The Kier molecular flexibility index (Phi) is 6.31. The van der Waals surface area contributed by atoms with E-state index in [2.05, 4.69) is 10.3 Å². The average Bonchev–Trinajstić information content (AvgIpc) is 3.03. The summed E-state index contributed by atoms with van der Waals surface area (Å²) >= 11 is 6.92. The standard InChI is InChI=1S/C19H15ClF3N3OS/c20-14-8-4-5-9-15(14)25-17(27)11-28-18-24-10-16(13-6-2-1-3-7-13)26(18)12-19(21,22)23/h1-10H,11-12H2,(H,25,27). The third-order valence-corrected chi connectivity index (χ3v) is 5.03. The molecule has 1 aromatic heterocycles. The molecule has 0 radical (unpaired) electrons. The molecule has 9 heteroatoms. The fraction of sp³-hybridized carbons (Fsp3) is 0.158. The van der Waals surface area contributed by atoms with Gasteiger partial charge in [0.1, 0.15) is 6.54 Å². The molecular weight excluding hydrogens is 411 g/mol. The monoisotopic (exact) mass is 425 g/mol. The second-order valence-electron chi connectivity index (χ2n) is 5.81. The van der Waals surface area contributed by atoms with E-state index in [0.717, 1.165) is 16.3 Å². The highest BCUT2D eigenvalue weighted by atomic mass is 35.5. The molecule has 0 atom stereocenters. The molecule has 0 aliphatic rings. The number of imidazole rings is 1. The second kappa shape index (κ2) is 8.70. The summed E-state index contributed by atoms with van der Waals surface area (Å²) < 4.78 is 40.3. The summed E-state index contributed by atoms with van der Waals surface area (Å²) in [5, 5.41) is 3.13. The zero-order valence-electron chi connectivity index (χ0n) is 14.4. The lowest BCUT2D eigenvalue weighted by Crippen LogP contribution is -2.20. The molecule has 0 aliphatic carbocycles. The van der Waals surface area contributed by atoms with Crippen LogP contribution in [0.5, 0.6) is 0 Å². The van der Waals surface area contributed by atoms with Crippen molar-refractivity contribution < 1.29 is 18.0 Å². The van der Waals surface area contributed by atoms with Crippen LogP contribution in [0.4, 0.5) is 18.9 Å². The molecule has 1 heterocycles. The molecule has 0 fully saturated rings. The highest BCUT2D eigenvalue weighted by Crippen LogP contribution is 2.30. The predicted octanol–water partition coefficient (Wildman–Crippen LogP) is 5.50. The van der Waals surface area contributed by atoms with Crippen molar-refractivity contribution in [3.05, 3.63) is 65.8 Å². The van der Waals surface area contributed by atoms with Gasteiger partial charge >= 0.3 is 6.18 Å². The maximum Gasteiger partial charge on any atom is 0.406 e. The molecule has 1 N–H and O–H groups in total. The topological polar surface area (TPSA) is 46.9 Å².